The zero-order chi connectivity index (χ0) is 24.0. The first-order chi connectivity index (χ1) is 16.3. The van der Waals surface area contributed by atoms with Crippen LogP contribution in [-0.2, 0) is 12.6 Å². The van der Waals surface area contributed by atoms with E-state index in [2.05, 4.69) is 15.0 Å². The molecule has 9 heteroatoms. The van der Waals surface area contributed by atoms with Gasteiger partial charge in [0.05, 0.1) is 18.2 Å². The van der Waals surface area contributed by atoms with E-state index in [9.17, 15) is 9.90 Å². The summed E-state index contributed by atoms with van der Waals surface area (Å²) in [5, 5.41) is 14.1. The number of imidazole rings is 1. The van der Waals surface area contributed by atoms with Crippen LogP contribution in [0.4, 0.5) is 0 Å². The molecule has 3 aromatic heterocycles. The second-order valence-electron chi connectivity index (χ2n) is 7.94. The first kappa shape index (κ1) is 22.6. The minimum absolute atomic E-state index is 0.268. The number of aliphatic hydroxyl groups is 1. The summed E-state index contributed by atoms with van der Waals surface area (Å²) in [5.74, 6) is 0. The van der Waals surface area contributed by atoms with Crippen LogP contribution in [0.15, 0.2) is 78.1 Å². The van der Waals surface area contributed by atoms with Gasteiger partial charge in [-0.2, -0.15) is 0 Å². The lowest BCUT2D eigenvalue weighted by molar-refractivity contribution is 0.117. The third-order valence-electron chi connectivity index (χ3n) is 5.77. The fraction of sp³-hybridized carbons (Fsp3) is 0.0800. The first-order valence-electron chi connectivity index (χ1n) is 10.2. The molecule has 0 bridgehead atoms. The number of nitrogens with zero attached hydrogens (tertiary/aromatic N) is 3. The van der Waals surface area contributed by atoms with Gasteiger partial charge in [-0.15, -0.1) is 0 Å². The van der Waals surface area contributed by atoms with Crippen molar-refractivity contribution in [1.29, 1.82) is 0 Å². The monoisotopic (exact) mass is 510 g/mol. The maximum atomic E-state index is 12.4. The maximum absolute atomic E-state index is 12.4. The predicted octanol–water partition coefficient (Wildman–Crippen LogP) is 5.57. The van der Waals surface area contributed by atoms with Gasteiger partial charge in [0.15, 0.2) is 5.60 Å². The van der Waals surface area contributed by atoms with Gasteiger partial charge in [-0.3, -0.25) is 4.79 Å². The van der Waals surface area contributed by atoms with E-state index in [1.165, 1.54) is 12.3 Å². The van der Waals surface area contributed by atoms with Crippen molar-refractivity contribution in [2.75, 3.05) is 0 Å². The molecule has 2 N–H and O–H groups in total. The quantitative estimate of drug-likeness (QED) is 0.309. The van der Waals surface area contributed by atoms with Crippen molar-refractivity contribution in [3.8, 4) is 11.1 Å². The number of rotatable bonds is 4. The van der Waals surface area contributed by atoms with Gasteiger partial charge in [-0.1, -0.05) is 46.9 Å². The largest absolute Gasteiger partial charge is 0.374 e. The fourth-order valence-electron chi connectivity index (χ4n) is 4.19. The van der Waals surface area contributed by atoms with Gasteiger partial charge in [0.25, 0.3) is 0 Å². The highest BCUT2D eigenvalue weighted by atomic mass is 35.5. The molecular weight excluding hydrogens is 495 g/mol. The Kier molecular flexibility index (Phi) is 5.70. The van der Waals surface area contributed by atoms with Crippen LogP contribution < -0.4 is 5.56 Å². The minimum atomic E-state index is -1.60. The van der Waals surface area contributed by atoms with Crippen molar-refractivity contribution in [3.63, 3.8) is 0 Å². The fourth-order valence-corrected chi connectivity index (χ4v) is 4.82. The van der Waals surface area contributed by atoms with E-state index < -0.39 is 5.60 Å². The highest BCUT2D eigenvalue weighted by Gasteiger charge is 2.37. The Morgan fingerprint density at radius 3 is 2.32 bits per heavy atom. The molecule has 0 amide bonds. The molecule has 0 saturated carbocycles. The second kappa shape index (κ2) is 8.56. The Balaban J connectivity index is 1.81. The van der Waals surface area contributed by atoms with E-state index in [0.29, 0.717) is 54.0 Å². The molecule has 0 saturated heterocycles. The lowest BCUT2D eigenvalue weighted by Crippen LogP contribution is -2.31. The Morgan fingerprint density at radius 2 is 1.68 bits per heavy atom. The van der Waals surface area contributed by atoms with Crippen molar-refractivity contribution < 1.29 is 5.11 Å². The van der Waals surface area contributed by atoms with Crippen LogP contribution in [0.2, 0.25) is 15.2 Å². The molecule has 2 aromatic carbocycles. The number of benzene rings is 2. The number of pyridine rings is 2. The first-order valence-corrected chi connectivity index (χ1v) is 11.3. The number of aromatic nitrogens is 4. The SMILES string of the molecule is Cn1cncc1C(O)(c1ccc(Cl)nc1)c1ccc2[nH]c(=O)cc(-c3cc(Cl)cc(Cl)c3)c2c1. The summed E-state index contributed by atoms with van der Waals surface area (Å²) in [4.78, 5) is 23.6. The van der Waals surface area contributed by atoms with Crippen LogP contribution in [0.1, 0.15) is 16.8 Å². The van der Waals surface area contributed by atoms with Gasteiger partial charge in [0.1, 0.15) is 5.15 Å². The second-order valence-corrected chi connectivity index (χ2v) is 9.20. The molecule has 1 atom stereocenters. The summed E-state index contributed by atoms with van der Waals surface area (Å²) in [5.41, 5.74) is 1.64. The number of fused-ring (bicyclic) bond motifs is 1. The molecule has 0 aliphatic heterocycles. The normalized spacial score (nSPS) is 13.2. The van der Waals surface area contributed by atoms with Gasteiger partial charge < -0.3 is 14.7 Å². The van der Waals surface area contributed by atoms with Crippen LogP contribution in [0.5, 0.6) is 0 Å². The van der Waals surface area contributed by atoms with Gasteiger partial charge in [0, 0.05) is 45.8 Å². The Bertz CT molecular complexity index is 1570. The number of halogens is 3. The molecule has 5 rings (SSSR count). The zero-order valence-electron chi connectivity index (χ0n) is 17.8. The highest BCUT2D eigenvalue weighted by molar-refractivity contribution is 6.35. The third kappa shape index (κ3) is 3.89. The molecule has 34 heavy (non-hydrogen) atoms. The van der Waals surface area contributed by atoms with Gasteiger partial charge in [-0.05, 0) is 53.1 Å². The summed E-state index contributed by atoms with van der Waals surface area (Å²) in [6.07, 6.45) is 4.74. The van der Waals surface area contributed by atoms with E-state index in [0.717, 1.165) is 0 Å². The molecule has 1 unspecified atom stereocenters. The van der Waals surface area contributed by atoms with Gasteiger partial charge in [0.2, 0.25) is 5.56 Å². The number of H-pyrrole nitrogens is 1. The summed E-state index contributed by atoms with van der Waals surface area (Å²) in [6.45, 7) is 0. The molecule has 0 aliphatic carbocycles. The summed E-state index contributed by atoms with van der Waals surface area (Å²) in [6, 6.07) is 15.3. The van der Waals surface area contributed by atoms with Crippen LogP contribution in [0, 0.1) is 0 Å². The summed E-state index contributed by atoms with van der Waals surface area (Å²) in [7, 11) is 1.80. The van der Waals surface area contributed by atoms with Gasteiger partial charge in [-0.25, -0.2) is 9.97 Å². The van der Waals surface area contributed by atoms with Crippen molar-refractivity contribution in [2.24, 2.45) is 7.05 Å². The van der Waals surface area contributed by atoms with Crippen molar-refractivity contribution in [1.82, 2.24) is 19.5 Å². The van der Waals surface area contributed by atoms with Crippen LogP contribution >= 0.6 is 34.8 Å². The zero-order valence-corrected chi connectivity index (χ0v) is 20.0. The average Bonchev–Trinajstić information content (AvgIpc) is 3.24. The molecule has 0 fully saturated rings. The van der Waals surface area contributed by atoms with Crippen molar-refractivity contribution in [2.45, 2.75) is 5.60 Å². The molecule has 0 spiro atoms. The summed E-state index contributed by atoms with van der Waals surface area (Å²) < 4.78 is 1.74. The number of hydrogen-bond acceptors (Lipinski definition) is 4. The maximum Gasteiger partial charge on any atom is 0.249 e. The van der Waals surface area contributed by atoms with Gasteiger partial charge >= 0.3 is 0 Å². The molecule has 0 radical (unpaired) electrons. The lowest BCUT2D eigenvalue weighted by atomic mass is 9.83. The summed E-state index contributed by atoms with van der Waals surface area (Å²) >= 11 is 18.5. The molecule has 170 valence electrons. The standard InChI is InChI=1S/C25H17Cl3N4O2/c1-32-13-29-12-22(32)25(34,16-3-5-23(28)30-11-16)15-2-4-21-20(8-15)19(10-24(33)31-21)14-6-17(26)9-18(27)7-14/h2-13,34H,1H3,(H,31,33). The van der Waals surface area contributed by atoms with Crippen LogP contribution in [0.25, 0.3) is 22.0 Å². The minimum Gasteiger partial charge on any atom is -0.374 e. The third-order valence-corrected chi connectivity index (χ3v) is 6.43. The molecular formula is C25H17Cl3N4O2. The van der Waals surface area contributed by atoms with E-state index in [4.69, 9.17) is 34.8 Å². The van der Waals surface area contributed by atoms with E-state index >= 15 is 0 Å². The van der Waals surface area contributed by atoms with Crippen LogP contribution in [-0.4, -0.2) is 24.6 Å². The topological polar surface area (TPSA) is 83.8 Å². The lowest BCUT2D eigenvalue weighted by Gasteiger charge is -2.30. The molecule has 0 aliphatic rings. The number of aryl methyl sites for hydroxylation is 1. The average molecular weight is 512 g/mol. The van der Waals surface area contributed by atoms with E-state index in [1.54, 1.807) is 66.6 Å². The number of nitrogens with one attached hydrogen (secondary N) is 1. The Labute approximate surface area is 209 Å². The molecule has 3 heterocycles. The molecule has 5 aromatic rings. The Morgan fingerprint density at radius 1 is 0.941 bits per heavy atom. The Hall–Kier alpha value is -3.16. The van der Waals surface area contributed by atoms with Crippen LogP contribution in [0.3, 0.4) is 0 Å². The number of hydrogen-bond donors (Lipinski definition) is 2. The van der Waals surface area contributed by atoms with E-state index in [1.807, 2.05) is 6.07 Å². The molecule has 6 nitrogen and oxygen atoms in total. The highest BCUT2D eigenvalue weighted by Crippen LogP contribution is 2.39. The van der Waals surface area contributed by atoms with Crippen molar-refractivity contribution in [3.05, 3.63) is 116 Å². The predicted molar refractivity (Wildman–Crippen MR) is 135 cm³/mol. The van der Waals surface area contributed by atoms with E-state index in [-0.39, 0.29) is 5.56 Å². The van der Waals surface area contributed by atoms with Crippen molar-refractivity contribution >= 4 is 45.7 Å². The number of aromatic amines is 1. The smallest absolute Gasteiger partial charge is 0.249 e.